The van der Waals surface area contributed by atoms with Gasteiger partial charge in [-0.1, -0.05) is 5.57 Å². The van der Waals surface area contributed by atoms with Gasteiger partial charge in [0.05, 0.1) is 6.61 Å². The summed E-state index contributed by atoms with van der Waals surface area (Å²) in [6.45, 7) is 8.08. The summed E-state index contributed by atoms with van der Waals surface area (Å²) in [5.74, 6) is -0.607. The van der Waals surface area contributed by atoms with Crippen LogP contribution in [0.4, 0.5) is 0 Å². The number of hydrogen-bond acceptors (Lipinski definition) is 3. The van der Waals surface area contributed by atoms with Gasteiger partial charge in [-0.3, -0.25) is 0 Å². The normalized spacial score (nSPS) is 12.4. The fourth-order valence-electron chi connectivity index (χ4n) is 1.18. The maximum absolute atomic E-state index is 10.6. The number of aromatic carboxylic acids is 1. The van der Waals surface area contributed by atoms with Crippen LogP contribution in [0.15, 0.2) is 28.7 Å². The maximum Gasteiger partial charge on any atom is 0.371 e. The van der Waals surface area contributed by atoms with Crippen LogP contribution >= 0.6 is 0 Å². The molecule has 0 amide bonds. The van der Waals surface area contributed by atoms with Gasteiger partial charge in [0.25, 0.3) is 0 Å². The summed E-state index contributed by atoms with van der Waals surface area (Å²) in [7, 11) is 0. The highest BCUT2D eigenvalue weighted by Crippen LogP contribution is 2.20. The van der Waals surface area contributed by atoms with Gasteiger partial charge in [-0.15, -0.1) is 6.58 Å². The molecule has 0 aromatic carbocycles. The minimum Gasteiger partial charge on any atom is -0.475 e. The Hall–Kier alpha value is -1.55. The van der Waals surface area contributed by atoms with E-state index in [-0.39, 0.29) is 11.9 Å². The molecule has 4 nitrogen and oxygen atoms in total. The molecule has 0 fully saturated rings. The van der Waals surface area contributed by atoms with Crippen molar-refractivity contribution in [1.82, 2.24) is 0 Å². The van der Waals surface area contributed by atoms with E-state index >= 15 is 0 Å². The fourth-order valence-corrected chi connectivity index (χ4v) is 1.18. The lowest BCUT2D eigenvalue weighted by Gasteiger charge is -2.10. The molecule has 1 rings (SSSR count). The Balaban J connectivity index is 2.49. The fraction of sp³-hybridized carbons (Fsp3) is 0.417. The molecular weight excluding hydrogens is 208 g/mol. The Bertz CT molecular complexity index is 378. The molecule has 16 heavy (non-hydrogen) atoms. The average Bonchev–Trinajstić information content (AvgIpc) is 2.65. The van der Waals surface area contributed by atoms with Gasteiger partial charge < -0.3 is 14.3 Å². The molecule has 1 unspecified atom stereocenters. The van der Waals surface area contributed by atoms with Crippen LogP contribution in [0.25, 0.3) is 0 Å². The van der Waals surface area contributed by atoms with Gasteiger partial charge in [0, 0.05) is 0 Å². The Labute approximate surface area is 94.5 Å². The predicted molar refractivity (Wildman–Crippen MR) is 59.5 cm³/mol. The number of ether oxygens (including phenoxy) is 1. The van der Waals surface area contributed by atoms with Crippen molar-refractivity contribution in [2.75, 3.05) is 6.61 Å². The van der Waals surface area contributed by atoms with Crippen LogP contribution in [0.2, 0.25) is 0 Å². The summed E-state index contributed by atoms with van der Waals surface area (Å²) in [5.41, 5.74) is 1.05. The molecular formula is C12H16O4. The molecule has 0 aliphatic heterocycles. The molecule has 1 atom stereocenters. The number of rotatable bonds is 6. The summed E-state index contributed by atoms with van der Waals surface area (Å²) >= 11 is 0. The number of carboxylic acid groups (broad SMARTS) is 1. The Morgan fingerprint density at radius 1 is 1.62 bits per heavy atom. The summed E-state index contributed by atoms with van der Waals surface area (Å²) in [5, 5.41) is 8.68. The number of hydrogen-bond donors (Lipinski definition) is 1. The zero-order chi connectivity index (χ0) is 12.1. The Morgan fingerprint density at radius 2 is 2.31 bits per heavy atom. The van der Waals surface area contributed by atoms with E-state index in [4.69, 9.17) is 14.3 Å². The van der Waals surface area contributed by atoms with Crippen molar-refractivity contribution < 1.29 is 19.1 Å². The van der Waals surface area contributed by atoms with E-state index in [0.29, 0.717) is 12.4 Å². The summed E-state index contributed by atoms with van der Waals surface area (Å²) in [6, 6.07) is 3.05. The van der Waals surface area contributed by atoms with E-state index in [9.17, 15) is 4.79 Å². The maximum atomic E-state index is 10.6. The number of carbonyl (C=O) groups is 1. The quantitative estimate of drug-likeness (QED) is 0.754. The molecule has 0 spiro atoms. The molecule has 88 valence electrons. The molecule has 0 aliphatic rings. The molecule has 0 saturated heterocycles. The largest absolute Gasteiger partial charge is 0.475 e. The topological polar surface area (TPSA) is 59.7 Å². The monoisotopic (exact) mass is 224 g/mol. The van der Waals surface area contributed by atoms with E-state index in [1.54, 1.807) is 6.07 Å². The highest BCUT2D eigenvalue weighted by atomic mass is 16.5. The van der Waals surface area contributed by atoms with Crippen molar-refractivity contribution in [2.24, 2.45) is 0 Å². The summed E-state index contributed by atoms with van der Waals surface area (Å²) in [4.78, 5) is 10.6. The van der Waals surface area contributed by atoms with E-state index in [1.165, 1.54) is 6.07 Å². The Morgan fingerprint density at radius 3 is 2.81 bits per heavy atom. The van der Waals surface area contributed by atoms with Crippen LogP contribution in [-0.2, 0) is 4.74 Å². The molecule has 0 aliphatic carbocycles. The van der Waals surface area contributed by atoms with E-state index < -0.39 is 5.97 Å². The average molecular weight is 224 g/mol. The van der Waals surface area contributed by atoms with Crippen molar-refractivity contribution in [3.05, 3.63) is 35.8 Å². The zero-order valence-electron chi connectivity index (χ0n) is 9.53. The second-order valence-corrected chi connectivity index (χ2v) is 3.73. The summed E-state index contributed by atoms with van der Waals surface area (Å²) < 4.78 is 10.6. The van der Waals surface area contributed by atoms with Crippen molar-refractivity contribution in [3.63, 3.8) is 0 Å². The number of furan rings is 1. The minimum absolute atomic E-state index is 0.0645. The second kappa shape index (κ2) is 5.51. The molecule has 1 heterocycles. The van der Waals surface area contributed by atoms with E-state index in [2.05, 4.69) is 6.58 Å². The van der Waals surface area contributed by atoms with Crippen LogP contribution in [0, 0.1) is 0 Å². The van der Waals surface area contributed by atoms with Crippen LogP contribution < -0.4 is 0 Å². The first-order valence-corrected chi connectivity index (χ1v) is 5.09. The highest BCUT2D eigenvalue weighted by Gasteiger charge is 2.14. The third-order valence-electron chi connectivity index (χ3n) is 2.13. The smallest absolute Gasteiger partial charge is 0.371 e. The van der Waals surface area contributed by atoms with Crippen molar-refractivity contribution in [1.29, 1.82) is 0 Å². The lowest BCUT2D eigenvalue weighted by molar-refractivity contribution is 0.0490. The molecule has 1 aromatic heterocycles. The molecule has 0 radical (unpaired) electrons. The standard InChI is InChI=1S/C12H16O4/c1-8(2)6-7-15-9(3)10-4-5-11(16-10)12(13)14/h4-5,9H,1,6-7H2,2-3H3,(H,13,14). The molecule has 0 bridgehead atoms. The van der Waals surface area contributed by atoms with Crippen LogP contribution in [0.3, 0.4) is 0 Å². The predicted octanol–water partition coefficient (Wildman–Crippen LogP) is 3.02. The van der Waals surface area contributed by atoms with Crippen molar-refractivity contribution >= 4 is 5.97 Å². The molecule has 4 heteroatoms. The van der Waals surface area contributed by atoms with Crippen LogP contribution in [-0.4, -0.2) is 17.7 Å². The molecule has 1 aromatic rings. The first-order valence-electron chi connectivity index (χ1n) is 5.09. The third kappa shape index (κ3) is 3.55. The second-order valence-electron chi connectivity index (χ2n) is 3.73. The van der Waals surface area contributed by atoms with Crippen molar-refractivity contribution in [3.8, 4) is 0 Å². The SMILES string of the molecule is C=C(C)CCOC(C)c1ccc(C(=O)O)o1. The minimum atomic E-state index is -1.07. The lowest BCUT2D eigenvalue weighted by atomic mass is 10.2. The summed E-state index contributed by atoms with van der Waals surface area (Å²) in [6.07, 6.45) is 0.545. The molecule has 0 saturated carbocycles. The molecule has 1 N–H and O–H groups in total. The van der Waals surface area contributed by atoms with Crippen LogP contribution in [0.1, 0.15) is 42.7 Å². The first kappa shape index (κ1) is 12.5. The van der Waals surface area contributed by atoms with Crippen molar-refractivity contribution in [2.45, 2.75) is 26.4 Å². The van der Waals surface area contributed by atoms with Crippen LogP contribution in [0.5, 0.6) is 0 Å². The van der Waals surface area contributed by atoms with Gasteiger partial charge in [-0.05, 0) is 32.4 Å². The first-order chi connectivity index (χ1) is 7.50. The van der Waals surface area contributed by atoms with E-state index in [0.717, 1.165) is 12.0 Å². The van der Waals surface area contributed by atoms with Gasteiger partial charge in [0.1, 0.15) is 11.9 Å². The number of carboxylic acids is 1. The lowest BCUT2D eigenvalue weighted by Crippen LogP contribution is -2.01. The van der Waals surface area contributed by atoms with E-state index in [1.807, 2.05) is 13.8 Å². The van der Waals surface area contributed by atoms with Gasteiger partial charge in [-0.25, -0.2) is 4.79 Å². The van der Waals surface area contributed by atoms with Gasteiger partial charge in [0.15, 0.2) is 0 Å². The highest BCUT2D eigenvalue weighted by molar-refractivity contribution is 5.84. The Kier molecular flexibility index (Phi) is 4.31. The zero-order valence-corrected chi connectivity index (χ0v) is 9.53. The van der Waals surface area contributed by atoms with Gasteiger partial charge >= 0.3 is 5.97 Å². The van der Waals surface area contributed by atoms with Gasteiger partial charge in [0.2, 0.25) is 5.76 Å². The van der Waals surface area contributed by atoms with Gasteiger partial charge in [-0.2, -0.15) is 0 Å². The third-order valence-corrected chi connectivity index (χ3v) is 2.13.